The number of carbonyl (C=O) groups excluding carboxylic acids is 1. The van der Waals surface area contributed by atoms with E-state index in [9.17, 15) is 4.79 Å². The summed E-state index contributed by atoms with van der Waals surface area (Å²) >= 11 is 0. The largest absolute Gasteiger partial charge is 0.355 e. The highest BCUT2D eigenvalue weighted by Crippen LogP contribution is 1.93. The van der Waals surface area contributed by atoms with E-state index in [1.54, 1.807) is 12.4 Å². The molecule has 76 valence electrons. The Bertz CT molecular complexity index is 274. The van der Waals surface area contributed by atoms with Gasteiger partial charge in [-0.1, -0.05) is 0 Å². The Morgan fingerprint density at radius 3 is 2.79 bits per heavy atom. The highest BCUT2D eigenvalue weighted by molar-refractivity contribution is 5.77. The Morgan fingerprint density at radius 2 is 2.14 bits per heavy atom. The summed E-state index contributed by atoms with van der Waals surface area (Å²) in [5.74, 6) is 0.0292. The highest BCUT2D eigenvalue weighted by atomic mass is 16.1. The first-order valence-electron chi connectivity index (χ1n) is 4.69. The van der Waals surface area contributed by atoms with Crippen LogP contribution in [0.1, 0.15) is 12.5 Å². The van der Waals surface area contributed by atoms with Gasteiger partial charge in [0.1, 0.15) is 0 Å². The molecule has 0 spiro atoms. The first-order chi connectivity index (χ1) is 6.83. The molecule has 0 aromatic carbocycles. The molecule has 1 rings (SSSR count). The molecule has 0 aliphatic carbocycles. The molecule has 0 fully saturated rings. The molecule has 1 aromatic heterocycles. The van der Waals surface area contributed by atoms with Crippen molar-refractivity contribution in [2.24, 2.45) is 0 Å². The van der Waals surface area contributed by atoms with E-state index in [4.69, 9.17) is 0 Å². The molecule has 0 aliphatic rings. The monoisotopic (exact) mass is 193 g/mol. The number of likely N-dealkylation sites (N-methyl/N-ethyl adjacent to an activating group) is 1. The van der Waals surface area contributed by atoms with Gasteiger partial charge in [-0.05, 0) is 24.6 Å². The molecule has 0 saturated carbocycles. The zero-order valence-corrected chi connectivity index (χ0v) is 8.29. The highest BCUT2D eigenvalue weighted by Gasteiger charge is 1.97. The van der Waals surface area contributed by atoms with E-state index in [2.05, 4.69) is 15.6 Å². The zero-order valence-electron chi connectivity index (χ0n) is 8.29. The Hall–Kier alpha value is -1.42. The van der Waals surface area contributed by atoms with E-state index in [1.807, 2.05) is 19.1 Å². The van der Waals surface area contributed by atoms with Crippen LogP contribution < -0.4 is 10.6 Å². The Labute approximate surface area is 83.7 Å². The fourth-order valence-corrected chi connectivity index (χ4v) is 1.08. The number of nitrogens with one attached hydrogen (secondary N) is 2. The maximum Gasteiger partial charge on any atom is 0.233 e. The van der Waals surface area contributed by atoms with E-state index in [0.29, 0.717) is 19.6 Å². The van der Waals surface area contributed by atoms with Gasteiger partial charge in [0.05, 0.1) is 6.54 Å². The number of nitrogens with zero attached hydrogens (tertiary/aromatic N) is 1. The summed E-state index contributed by atoms with van der Waals surface area (Å²) in [5, 5.41) is 5.76. The summed E-state index contributed by atoms with van der Waals surface area (Å²) in [6, 6.07) is 3.84. The van der Waals surface area contributed by atoms with Crippen LogP contribution in [0.5, 0.6) is 0 Å². The van der Waals surface area contributed by atoms with E-state index in [1.165, 1.54) is 0 Å². The Balaban J connectivity index is 2.19. The minimum absolute atomic E-state index is 0.0292. The second kappa shape index (κ2) is 6.10. The maximum atomic E-state index is 11.0. The SMILES string of the molecule is CCNC(=O)CNCc1ccncc1. The van der Waals surface area contributed by atoms with Crippen LogP contribution in [0, 0.1) is 0 Å². The smallest absolute Gasteiger partial charge is 0.233 e. The van der Waals surface area contributed by atoms with Crippen LogP contribution in [0.15, 0.2) is 24.5 Å². The van der Waals surface area contributed by atoms with Crippen LogP contribution in [0.25, 0.3) is 0 Å². The molecule has 0 bridgehead atoms. The molecule has 1 heterocycles. The molecule has 0 saturated heterocycles. The standard InChI is InChI=1S/C10H15N3O/c1-2-13-10(14)8-12-7-9-3-5-11-6-4-9/h3-6,12H,2,7-8H2,1H3,(H,13,14). The number of hydrogen-bond acceptors (Lipinski definition) is 3. The molecular formula is C10H15N3O. The van der Waals surface area contributed by atoms with E-state index < -0.39 is 0 Å². The Morgan fingerprint density at radius 1 is 1.43 bits per heavy atom. The summed E-state index contributed by atoms with van der Waals surface area (Å²) in [6.45, 7) is 3.63. The van der Waals surface area contributed by atoms with Crippen LogP contribution in [0.3, 0.4) is 0 Å². The predicted molar refractivity (Wildman–Crippen MR) is 54.6 cm³/mol. The van der Waals surface area contributed by atoms with Gasteiger partial charge in [-0.2, -0.15) is 0 Å². The van der Waals surface area contributed by atoms with Crippen LogP contribution >= 0.6 is 0 Å². The van der Waals surface area contributed by atoms with Crippen molar-refractivity contribution in [1.29, 1.82) is 0 Å². The average Bonchev–Trinajstić information content (AvgIpc) is 2.20. The van der Waals surface area contributed by atoms with E-state index in [0.717, 1.165) is 5.56 Å². The summed E-state index contributed by atoms with van der Waals surface area (Å²) in [7, 11) is 0. The third-order valence-electron chi connectivity index (χ3n) is 1.74. The second-order valence-electron chi connectivity index (χ2n) is 2.91. The van der Waals surface area contributed by atoms with Crippen molar-refractivity contribution in [1.82, 2.24) is 15.6 Å². The number of hydrogen-bond donors (Lipinski definition) is 2. The van der Waals surface area contributed by atoms with Crippen molar-refractivity contribution in [2.45, 2.75) is 13.5 Å². The first-order valence-corrected chi connectivity index (χ1v) is 4.69. The van der Waals surface area contributed by atoms with Crippen molar-refractivity contribution in [3.63, 3.8) is 0 Å². The van der Waals surface area contributed by atoms with Gasteiger partial charge in [-0.15, -0.1) is 0 Å². The molecule has 0 unspecified atom stereocenters. The van der Waals surface area contributed by atoms with Crippen LogP contribution in [-0.2, 0) is 11.3 Å². The lowest BCUT2D eigenvalue weighted by molar-refractivity contribution is -0.120. The van der Waals surface area contributed by atoms with Crippen molar-refractivity contribution < 1.29 is 4.79 Å². The fourth-order valence-electron chi connectivity index (χ4n) is 1.08. The lowest BCUT2D eigenvalue weighted by Gasteiger charge is -2.04. The van der Waals surface area contributed by atoms with E-state index >= 15 is 0 Å². The van der Waals surface area contributed by atoms with Crippen molar-refractivity contribution in [3.8, 4) is 0 Å². The number of amides is 1. The molecule has 2 N–H and O–H groups in total. The predicted octanol–water partition coefficient (Wildman–Crippen LogP) is 0.307. The third-order valence-corrected chi connectivity index (χ3v) is 1.74. The lowest BCUT2D eigenvalue weighted by Crippen LogP contribution is -2.33. The number of rotatable bonds is 5. The zero-order chi connectivity index (χ0) is 10.2. The normalized spacial score (nSPS) is 9.79. The summed E-state index contributed by atoms with van der Waals surface area (Å²) in [4.78, 5) is 15.0. The lowest BCUT2D eigenvalue weighted by atomic mass is 10.3. The van der Waals surface area contributed by atoms with Crippen molar-refractivity contribution in [2.75, 3.05) is 13.1 Å². The van der Waals surface area contributed by atoms with Gasteiger partial charge in [0.15, 0.2) is 0 Å². The van der Waals surface area contributed by atoms with Gasteiger partial charge in [0.25, 0.3) is 0 Å². The molecule has 1 amide bonds. The molecular weight excluding hydrogens is 178 g/mol. The molecule has 4 heteroatoms. The quantitative estimate of drug-likeness (QED) is 0.707. The number of carbonyl (C=O) groups is 1. The van der Waals surface area contributed by atoms with Gasteiger partial charge >= 0.3 is 0 Å². The fraction of sp³-hybridized carbons (Fsp3) is 0.400. The maximum absolute atomic E-state index is 11.0. The molecule has 0 aliphatic heterocycles. The molecule has 4 nitrogen and oxygen atoms in total. The van der Waals surface area contributed by atoms with Gasteiger partial charge < -0.3 is 10.6 Å². The van der Waals surface area contributed by atoms with Crippen LogP contribution in [0.4, 0.5) is 0 Å². The molecule has 14 heavy (non-hydrogen) atoms. The first kappa shape index (κ1) is 10.7. The van der Waals surface area contributed by atoms with Gasteiger partial charge in [-0.25, -0.2) is 0 Å². The van der Waals surface area contributed by atoms with Gasteiger partial charge in [0.2, 0.25) is 5.91 Å². The van der Waals surface area contributed by atoms with E-state index in [-0.39, 0.29) is 5.91 Å². The van der Waals surface area contributed by atoms with Crippen molar-refractivity contribution in [3.05, 3.63) is 30.1 Å². The second-order valence-corrected chi connectivity index (χ2v) is 2.91. The van der Waals surface area contributed by atoms with Crippen LogP contribution in [-0.4, -0.2) is 24.0 Å². The summed E-state index contributed by atoms with van der Waals surface area (Å²) < 4.78 is 0. The Kier molecular flexibility index (Phi) is 4.64. The number of pyridine rings is 1. The summed E-state index contributed by atoms with van der Waals surface area (Å²) in [6.07, 6.45) is 3.48. The molecule has 0 radical (unpaired) electrons. The molecule has 0 atom stereocenters. The van der Waals surface area contributed by atoms with Gasteiger partial charge in [0, 0.05) is 25.5 Å². The van der Waals surface area contributed by atoms with Crippen LogP contribution in [0.2, 0.25) is 0 Å². The van der Waals surface area contributed by atoms with Gasteiger partial charge in [-0.3, -0.25) is 9.78 Å². The summed E-state index contributed by atoms with van der Waals surface area (Å²) in [5.41, 5.74) is 1.13. The minimum Gasteiger partial charge on any atom is -0.355 e. The molecule has 1 aromatic rings. The third kappa shape index (κ3) is 4.00. The topological polar surface area (TPSA) is 54.0 Å². The minimum atomic E-state index is 0.0292. The average molecular weight is 193 g/mol. The van der Waals surface area contributed by atoms with Crippen molar-refractivity contribution >= 4 is 5.91 Å². The number of aromatic nitrogens is 1.